The zero-order valence-electron chi connectivity index (χ0n) is 18.7. The summed E-state index contributed by atoms with van der Waals surface area (Å²) >= 11 is 0. The lowest BCUT2D eigenvalue weighted by Crippen LogP contribution is -2.57. The Morgan fingerprint density at radius 1 is 1.15 bits per heavy atom. The summed E-state index contributed by atoms with van der Waals surface area (Å²) in [5.41, 5.74) is 5.94. The summed E-state index contributed by atoms with van der Waals surface area (Å²) in [4.78, 5) is 51.8. The number of benzene rings is 1. The molecule has 1 aliphatic rings. The number of aliphatic hydroxyl groups is 2. The maximum absolute atomic E-state index is 13.4. The Morgan fingerprint density at radius 2 is 1.82 bits per heavy atom. The van der Waals surface area contributed by atoms with Gasteiger partial charge in [0.2, 0.25) is 17.7 Å². The number of nitrogens with two attached hydrogens (primary N) is 1. The second-order valence-electron chi connectivity index (χ2n) is 8.30. The van der Waals surface area contributed by atoms with E-state index in [1.807, 2.05) is 0 Å². The van der Waals surface area contributed by atoms with Crippen LogP contribution < -0.4 is 11.1 Å². The van der Waals surface area contributed by atoms with Gasteiger partial charge < -0.3 is 20.7 Å². The molecular formula is C23H31N3O7. The van der Waals surface area contributed by atoms with Crippen LogP contribution in [-0.2, 0) is 25.7 Å². The van der Waals surface area contributed by atoms with E-state index in [1.165, 1.54) is 12.2 Å². The van der Waals surface area contributed by atoms with Crippen LogP contribution in [0, 0.1) is 11.8 Å². The summed E-state index contributed by atoms with van der Waals surface area (Å²) < 4.78 is 5.32. The van der Waals surface area contributed by atoms with Gasteiger partial charge in [0.15, 0.2) is 0 Å². The third-order valence-corrected chi connectivity index (χ3v) is 5.15. The number of amides is 4. The van der Waals surface area contributed by atoms with E-state index in [2.05, 4.69) is 5.32 Å². The first-order chi connectivity index (χ1) is 15.6. The molecular weight excluding hydrogens is 430 g/mol. The quantitative estimate of drug-likeness (QED) is 0.407. The van der Waals surface area contributed by atoms with Gasteiger partial charge in [0, 0.05) is 0 Å². The summed E-state index contributed by atoms with van der Waals surface area (Å²) in [5, 5.41) is 22.3. The van der Waals surface area contributed by atoms with Crippen molar-refractivity contribution in [3.8, 4) is 0 Å². The van der Waals surface area contributed by atoms with Crippen molar-refractivity contribution in [2.24, 2.45) is 17.6 Å². The Morgan fingerprint density at radius 3 is 2.42 bits per heavy atom. The summed E-state index contributed by atoms with van der Waals surface area (Å²) in [6, 6.07) is 7.37. The average Bonchev–Trinajstić information content (AvgIpc) is 2.78. The van der Waals surface area contributed by atoms with Crippen molar-refractivity contribution in [1.82, 2.24) is 10.2 Å². The predicted molar refractivity (Wildman–Crippen MR) is 118 cm³/mol. The molecule has 0 fully saturated rings. The van der Waals surface area contributed by atoms with Crippen LogP contribution >= 0.6 is 0 Å². The maximum Gasteiger partial charge on any atom is 0.417 e. The Kier molecular flexibility index (Phi) is 9.71. The number of carbonyl (C=O) groups is 4. The second kappa shape index (κ2) is 12.2. The molecule has 180 valence electrons. The molecule has 0 saturated heterocycles. The molecule has 4 atom stereocenters. The molecule has 1 aromatic rings. The molecule has 3 unspecified atom stereocenters. The number of rotatable bonds is 8. The topological polar surface area (TPSA) is 159 Å². The van der Waals surface area contributed by atoms with Gasteiger partial charge in [0.25, 0.3) is 0 Å². The highest BCUT2D eigenvalue weighted by Crippen LogP contribution is 2.25. The molecule has 0 spiro atoms. The number of nitrogens with zero attached hydrogens (tertiary/aromatic N) is 1. The fourth-order valence-electron chi connectivity index (χ4n) is 3.49. The van der Waals surface area contributed by atoms with Gasteiger partial charge in [-0.05, 0) is 24.3 Å². The highest BCUT2D eigenvalue weighted by atomic mass is 16.6. The van der Waals surface area contributed by atoms with Gasteiger partial charge in [-0.3, -0.25) is 19.7 Å². The summed E-state index contributed by atoms with van der Waals surface area (Å²) in [7, 11) is 0. The van der Waals surface area contributed by atoms with Crippen LogP contribution in [0.5, 0.6) is 0 Å². The van der Waals surface area contributed by atoms with E-state index in [9.17, 15) is 29.4 Å². The lowest BCUT2D eigenvalue weighted by Gasteiger charge is -2.34. The lowest BCUT2D eigenvalue weighted by molar-refractivity contribution is -0.146. The average molecular weight is 462 g/mol. The van der Waals surface area contributed by atoms with Crippen molar-refractivity contribution in [1.29, 1.82) is 0 Å². The van der Waals surface area contributed by atoms with Gasteiger partial charge in [-0.1, -0.05) is 56.3 Å². The Balaban J connectivity index is 2.37. The normalized spacial score (nSPS) is 20.7. The van der Waals surface area contributed by atoms with E-state index in [0.717, 1.165) is 0 Å². The minimum Gasteiger partial charge on any atom is -0.444 e. The minimum atomic E-state index is -1.38. The number of hydrogen-bond donors (Lipinski definition) is 4. The first-order valence-corrected chi connectivity index (χ1v) is 10.8. The first-order valence-electron chi connectivity index (χ1n) is 10.8. The molecule has 1 aromatic carbocycles. The van der Waals surface area contributed by atoms with Crippen molar-refractivity contribution in [2.45, 2.75) is 51.5 Å². The predicted octanol–water partition coefficient (Wildman–Crippen LogP) is 0.466. The van der Waals surface area contributed by atoms with E-state index in [4.69, 9.17) is 10.5 Å². The first kappa shape index (κ1) is 26.2. The third-order valence-electron chi connectivity index (χ3n) is 5.15. The highest BCUT2D eigenvalue weighted by molar-refractivity contribution is 6.04. The molecule has 0 aliphatic heterocycles. The van der Waals surface area contributed by atoms with E-state index in [-0.39, 0.29) is 25.4 Å². The molecule has 0 aromatic heterocycles. The Labute approximate surface area is 192 Å². The van der Waals surface area contributed by atoms with Gasteiger partial charge in [0.05, 0.1) is 24.7 Å². The smallest absolute Gasteiger partial charge is 0.417 e. The Bertz CT molecular complexity index is 872. The standard InChI is InChI=1S/C23H31N3O7/c1-14(2)10-18(21(30)25-20(29)12-24)26(22(31)17-11-16(27)8-9-19(17)28)23(32)33-13-15-6-4-3-5-7-15/h3-9,14,16-19,27-28H,10-13,24H2,1-2H3,(H,25,29,30)/t16?,17?,18-,19?/m1/s1. The largest absolute Gasteiger partial charge is 0.444 e. The molecule has 0 radical (unpaired) electrons. The fourth-order valence-corrected chi connectivity index (χ4v) is 3.49. The maximum atomic E-state index is 13.4. The van der Waals surface area contributed by atoms with E-state index in [0.29, 0.717) is 10.5 Å². The zero-order chi connectivity index (χ0) is 24.5. The van der Waals surface area contributed by atoms with Crippen LogP contribution in [0.1, 0.15) is 32.3 Å². The van der Waals surface area contributed by atoms with Crippen LogP contribution in [-0.4, -0.2) is 63.7 Å². The molecule has 5 N–H and O–H groups in total. The zero-order valence-corrected chi connectivity index (χ0v) is 18.7. The number of hydrogen-bond acceptors (Lipinski definition) is 8. The molecule has 10 nitrogen and oxygen atoms in total. The van der Waals surface area contributed by atoms with E-state index >= 15 is 0 Å². The van der Waals surface area contributed by atoms with Gasteiger partial charge in [-0.15, -0.1) is 0 Å². The Hall–Kier alpha value is -3.08. The minimum absolute atomic E-state index is 0.0388. The van der Waals surface area contributed by atoms with Gasteiger partial charge in [-0.2, -0.15) is 0 Å². The molecule has 0 heterocycles. The number of aliphatic hydroxyl groups excluding tert-OH is 2. The number of nitrogens with one attached hydrogen (secondary N) is 1. The second-order valence-corrected chi connectivity index (χ2v) is 8.30. The monoisotopic (exact) mass is 461 g/mol. The van der Waals surface area contributed by atoms with Crippen LogP contribution in [0.15, 0.2) is 42.5 Å². The van der Waals surface area contributed by atoms with Crippen molar-refractivity contribution < 1.29 is 34.1 Å². The molecule has 1 aliphatic carbocycles. The molecule has 4 amide bonds. The summed E-state index contributed by atoms with van der Waals surface area (Å²) in [5.74, 6) is -3.86. The number of imide groups is 2. The van der Waals surface area contributed by atoms with Gasteiger partial charge >= 0.3 is 6.09 Å². The van der Waals surface area contributed by atoms with E-state index in [1.54, 1.807) is 44.2 Å². The summed E-state index contributed by atoms with van der Waals surface area (Å²) in [6.07, 6.45) is -0.848. The molecule has 2 rings (SSSR count). The van der Waals surface area contributed by atoms with Crippen LogP contribution in [0.4, 0.5) is 4.79 Å². The van der Waals surface area contributed by atoms with Crippen molar-refractivity contribution in [2.75, 3.05) is 6.54 Å². The van der Waals surface area contributed by atoms with Crippen LogP contribution in [0.2, 0.25) is 0 Å². The molecule has 33 heavy (non-hydrogen) atoms. The van der Waals surface area contributed by atoms with Crippen LogP contribution in [0.25, 0.3) is 0 Å². The summed E-state index contributed by atoms with van der Waals surface area (Å²) in [6.45, 7) is 2.96. The lowest BCUT2D eigenvalue weighted by atomic mass is 9.88. The van der Waals surface area contributed by atoms with Crippen molar-refractivity contribution >= 4 is 23.8 Å². The molecule has 0 bridgehead atoms. The van der Waals surface area contributed by atoms with Gasteiger partial charge in [-0.25, -0.2) is 9.69 Å². The van der Waals surface area contributed by atoms with Crippen molar-refractivity contribution in [3.05, 3.63) is 48.0 Å². The van der Waals surface area contributed by atoms with Crippen molar-refractivity contribution in [3.63, 3.8) is 0 Å². The number of ether oxygens (including phenoxy) is 1. The highest BCUT2D eigenvalue weighted by Gasteiger charge is 2.42. The fraction of sp³-hybridized carbons (Fsp3) is 0.478. The molecule has 0 saturated carbocycles. The third kappa shape index (κ3) is 7.48. The van der Waals surface area contributed by atoms with E-state index < -0.39 is 54.5 Å². The SMILES string of the molecule is CC(C)C[C@H](C(=O)NC(=O)CN)N(C(=O)OCc1ccccc1)C(=O)C1CC(O)C=CC1O. The van der Waals surface area contributed by atoms with Crippen LogP contribution in [0.3, 0.4) is 0 Å². The van der Waals surface area contributed by atoms with Gasteiger partial charge in [0.1, 0.15) is 12.6 Å². The molecule has 10 heteroatoms. The number of carbonyl (C=O) groups excluding carboxylic acids is 4.